The number of amides is 2. The zero-order valence-corrected chi connectivity index (χ0v) is 23.3. The Morgan fingerprint density at radius 1 is 1.08 bits per heavy atom. The van der Waals surface area contributed by atoms with Gasteiger partial charge >= 0.3 is 0 Å². The summed E-state index contributed by atoms with van der Waals surface area (Å²) in [5.74, 6) is -0.191. The molecule has 2 amide bonds. The van der Waals surface area contributed by atoms with Gasteiger partial charge in [-0.15, -0.1) is 0 Å². The Morgan fingerprint density at radius 2 is 1.75 bits per heavy atom. The van der Waals surface area contributed by atoms with Crippen molar-refractivity contribution in [1.29, 1.82) is 0 Å². The lowest BCUT2D eigenvalue weighted by Gasteiger charge is -2.33. The van der Waals surface area contributed by atoms with Crippen LogP contribution >= 0.6 is 23.2 Å². The van der Waals surface area contributed by atoms with E-state index in [9.17, 15) is 18.0 Å². The van der Waals surface area contributed by atoms with Crippen molar-refractivity contribution in [3.05, 3.63) is 58.1 Å². The van der Waals surface area contributed by atoms with Crippen LogP contribution in [0.3, 0.4) is 0 Å². The van der Waals surface area contributed by atoms with Gasteiger partial charge in [-0.3, -0.25) is 13.9 Å². The highest BCUT2D eigenvalue weighted by Crippen LogP contribution is 2.31. The first kappa shape index (κ1) is 29.7. The van der Waals surface area contributed by atoms with E-state index in [-0.39, 0.29) is 28.2 Å². The molecule has 2 aromatic rings. The number of anilines is 1. The van der Waals surface area contributed by atoms with Crippen LogP contribution in [0.4, 0.5) is 5.69 Å². The molecule has 198 valence electrons. The number of sulfonamides is 1. The van der Waals surface area contributed by atoms with Crippen molar-refractivity contribution in [2.24, 2.45) is 0 Å². The molecule has 2 aromatic carbocycles. The van der Waals surface area contributed by atoms with E-state index in [0.717, 1.165) is 29.0 Å². The molecule has 36 heavy (non-hydrogen) atoms. The molecule has 0 unspecified atom stereocenters. The van der Waals surface area contributed by atoms with Crippen molar-refractivity contribution >= 4 is 50.7 Å². The predicted octanol–water partition coefficient (Wildman–Crippen LogP) is 4.49. The van der Waals surface area contributed by atoms with Gasteiger partial charge in [-0.05, 0) is 48.7 Å². The number of carbonyl (C=O) groups is 2. The first-order chi connectivity index (χ1) is 17.0. The third-order valence-corrected chi connectivity index (χ3v) is 7.26. The normalized spacial score (nSPS) is 12.1. The van der Waals surface area contributed by atoms with Crippen molar-refractivity contribution in [1.82, 2.24) is 10.2 Å². The van der Waals surface area contributed by atoms with E-state index in [1.54, 1.807) is 38.3 Å². The van der Waals surface area contributed by atoms with Crippen LogP contribution in [-0.4, -0.2) is 57.6 Å². The van der Waals surface area contributed by atoms with Gasteiger partial charge in [0.25, 0.3) is 0 Å². The fourth-order valence-electron chi connectivity index (χ4n) is 3.63. The topological polar surface area (TPSA) is 96.0 Å². The lowest BCUT2D eigenvalue weighted by atomic mass is 10.1. The molecule has 0 aromatic heterocycles. The summed E-state index contributed by atoms with van der Waals surface area (Å²) in [6, 6.07) is 10.7. The van der Waals surface area contributed by atoms with Crippen LogP contribution in [0.25, 0.3) is 0 Å². The number of rotatable bonds is 13. The second-order valence-electron chi connectivity index (χ2n) is 8.30. The molecule has 11 heteroatoms. The van der Waals surface area contributed by atoms with Crippen LogP contribution in [0, 0.1) is 0 Å². The minimum absolute atomic E-state index is 0.0878. The number of hydrogen-bond donors (Lipinski definition) is 1. The Morgan fingerprint density at radius 3 is 2.31 bits per heavy atom. The van der Waals surface area contributed by atoms with Crippen LogP contribution in [-0.2, 0) is 26.2 Å². The minimum atomic E-state index is -3.91. The third kappa shape index (κ3) is 8.28. The molecular weight excluding hydrogens is 525 g/mol. The van der Waals surface area contributed by atoms with E-state index in [1.807, 2.05) is 6.92 Å². The number of benzene rings is 2. The first-order valence-electron chi connectivity index (χ1n) is 11.6. The van der Waals surface area contributed by atoms with Gasteiger partial charge in [-0.25, -0.2) is 8.42 Å². The fourth-order valence-corrected chi connectivity index (χ4v) is 4.91. The minimum Gasteiger partial charge on any atom is -0.497 e. The summed E-state index contributed by atoms with van der Waals surface area (Å²) in [5.41, 5.74) is 0.848. The van der Waals surface area contributed by atoms with Crippen molar-refractivity contribution in [3.63, 3.8) is 0 Å². The maximum atomic E-state index is 13.7. The molecule has 0 aliphatic rings. The van der Waals surface area contributed by atoms with Gasteiger partial charge < -0.3 is 15.0 Å². The summed E-state index contributed by atoms with van der Waals surface area (Å²) in [5, 5.41) is 3.28. The largest absolute Gasteiger partial charge is 0.497 e. The number of nitrogens with zero attached hydrogens (tertiary/aromatic N) is 2. The van der Waals surface area contributed by atoms with Crippen LogP contribution in [0.5, 0.6) is 5.75 Å². The van der Waals surface area contributed by atoms with Crippen molar-refractivity contribution in [3.8, 4) is 5.75 Å². The molecule has 0 bridgehead atoms. The number of ether oxygens (including phenoxy) is 1. The number of halogens is 2. The van der Waals surface area contributed by atoms with Crippen LogP contribution < -0.4 is 14.4 Å². The standard InChI is InChI=1S/C25H33Cl2N3O5S/c1-5-7-14-28-25(32)22(6-2)29(16-18-8-11-20(35-3)12-9-18)24(31)17-30(36(4,33)34)23-15-19(26)10-13-21(23)27/h8-13,15,22H,5-7,14,16-17H2,1-4H3,(H,28,32)/t22-/m0/s1. The maximum absolute atomic E-state index is 13.7. The zero-order valence-electron chi connectivity index (χ0n) is 21.0. The Balaban J connectivity index is 2.44. The average Bonchev–Trinajstić information content (AvgIpc) is 2.83. The fraction of sp³-hybridized carbons (Fsp3) is 0.440. The Bertz CT molecular complexity index is 1140. The van der Waals surface area contributed by atoms with Crippen molar-refractivity contribution < 1.29 is 22.7 Å². The van der Waals surface area contributed by atoms with Gasteiger partial charge in [0, 0.05) is 18.1 Å². The van der Waals surface area contributed by atoms with Gasteiger partial charge in [0.05, 0.1) is 24.1 Å². The lowest BCUT2D eigenvalue weighted by molar-refractivity contribution is -0.140. The molecule has 0 saturated carbocycles. The molecule has 0 radical (unpaired) electrons. The summed E-state index contributed by atoms with van der Waals surface area (Å²) in [6.45, 7) is 3.87. The highest BCUT2D eigenvalue weighted by molar-refractivity contribution is 7.92. The van der Waals surface area contributed by atoms with Crippen molar-refractivity contribution in [2.45, 2.75) is 45.7 Å². The second kappa shape index (κ2) is 13.7. The SMILES string of the molecule is CCCCNC(=O)[C@H](CC)N(Cc1ccc(OC)cc1)C(=O)CN(c1cc(Cl)ccc1Cl)S(C)(=O)=O. The van der Waals surface area contributed by atoms with E-state index < -0.39 is 28.5 Å². The molecular formula is C25H33Cl2N3O5S. The predicted molar refractivity (Wildman–Crippen MR) is 144 cm³/mol. The molecule has 2 rings (SSSR count). The number of hydrogen-bond acceptors (Lipinski definition) is 5. The molecule has 8 nitrogen and oxygen atoms in total. The second-order valence-corrected chi connectivity index (χ2v) is 11.1. The zero-order chi connectivity index (χ0) is 26.9. The van der Waals surface area contributed by atoms with Gasteiger partial charge in [0.1, 0.15) is 18.3 Å². The van der Waals surface area contributed by atoms with Crippen LogP contribution in [0.2, 0.25) is 10.0 Å². The summed E-state index contributed by atoms with van der Waals surface area (Å²) >= 11 is 12.3. The molecule has 0 fully saturated rings. The van der Waals surface area contributed by atoms with Crippen LogP contribution in [0.15, 0.2) is 42.5 Å². The molecule has 1 N–H and O–H groups in total. The number of unbranched alkanes of at least 4 members (excludes halogenated alkanes) is 1. The summed E-state index contributed by atoms with van der Waals surface area (Å²) in [4.78, 5) is 28.1. The Labute approximate surface area is 223 Å². The highest BCUT2D eigenvalue weighted by Gasteiger charge is 2.32. The molecule has 1 atom stereocenters. The summed E-state index contributed by atoms with van der Waals surface area (Å²) in [6.07, 6.45) is 3.05. The molecule has 0 aliphatic heterocycles. The Hall–Kier alpha value is -2.49. The van der Waals surface area contributed by atoms with E-state index in [2.05, 4.69) is 5.32 Å². The van der Waals surface area contributed by atoms with Crippen molar-refractivity contribution in [2.75, 3.05) is 30.8 Å². The third-order valence-electron chi connectivity index (χ3n) is 5.58. The molecule has 0 aliphatic carbocycles. The average molecular weight is 559 g/mol. The first-order valence-corrected chi connectivity index (χ1v) is 14.2. The molecule has 0 spiro atoms. The van der Waals surface area contributed by atoms with Gasteiger partial charge in [-0.1, -0.05) is 55.6 Å². The smallest absolute Gasteiger partial charge is 0.244 e. The van der Waals surface area contributed by atoms with E-state index in [0.29, 0.717) is 18.7 Å². The van der Waals surface area contributed by atoms with E-state index >= 15 is 0 Å². The quantitative estimate of drug-likeness (QED) is 0.366. The van der Waals surface area contributed by atoms with E-state index in [1.165, 1.54) is 23.1 Å². The number of nitrogens with one attached hydrogen (secondary N) is 1. The summed E-state index contributed by atoms with van der Waals surface area (Å²) < 4.78 is 31.5. The lowest BCUT2D eigenvalue weighted by Crippen LogP contribution is -2.52. The Kier molecular flexibility index (Phi) is 11.3. The number of carbonyl (C=O) groups excluding carboxylic acids is 2. The summed E-state index contributed by atoms with van der Waals surface area (Å²) in [7, 11) is -2.36. The monoisotopic (exact) mass is 557 g/mol. The van der Waals surface area contributed by atoms with Gasteiger partial charge in [0.2, 0.25) is 21.8 Å². The maximum Gasteiger partial charge on any atom is 0.244 e. The van der Waals surface area contributed by atoms with E-state index in [4.69, 9.17) is 27.9 Å². The number of methoxy groups -OCH3 is 1. The molecule has 0 saturated heterocycles. The highest BCUT2D eigenvalue weighted by atomic mass is 35.5. The van der Waals surface area contributed by atoms with Gasteiger partial charge in [-0.2, -0.15) is 0 Å². The van der Waals surface area contributed by atoms with Crippen LogP contribution in [0.1, 0.15) is 38.7 Å². The molecule has 0 heterocycles. The van der Waals surface area contributed by atoms with Gasteiger partial charge in [0.15, 0.2) is 0 Å².